The van der Waals surface area contributed by atoms with Crippen LogP contribution < -0.4 is 5.32 Å². The molecule has 1 aromatic carbocycles. The molecule has 4 heteroatoms. The fourth-order valence-electron chi connectivity index (χ4n) is 1.36. The molecular weight excluding hydrogens is 224 g/mol. The summed E-state index contributed by atoms with van der Waals surface area (Å²) in [5, 5.41) is 2.70. The van der Waals surface area contributed by atoms with Gasteiger partial charge in [0.1, 0.15) is 0 Å². The first-order chi connectivity index (χ1) is 8.13. The van der Waals surface area contributed by atoms with E-state index in [2.05, 4.69) is 11.9 Å². The van der Waals surface area contributed by atoms with Crippen LogP contribution >= 0.6 is 0 Å². The van der Waals surface area contributed by atoms with Crippen molar-refractivity contribution < 1.29 is 13.6 Å². The van der Waals surface area contributed by atoms with Gasteiger partial charge in [-0.05, 0) is 30.5 Å². The third-order valence-corrected chi connectivity index (χ3v) is 2.30. The molecule has 1 N–H and O–H groups in total. The molecule has 0 fully saturated rings. The van der Waals surface area contributed by atoms with Gasteiger partial charge in [0.2, 0.25) is 5.91 Å². The number of halogens is 2. The van der Waals surface area contributed by atoms with Crippen molar-refractivity contribution in [2.24, 2.45) is 0 Å². The third-order valence-electron chi connectivity index (χ3n) is 2.30. The van der Waals surface area contributed by atoms with Gasteiger partial charge < -0.3 is 5.32 Å². The first kappa shape index (κ1) is 13.4. The Morgan fingerprint density at radius 3 is 2.76 bits per heavy atom. The molecule has 92 valence electrons. The van der Waals surface area contributed by atoms with E-state index in [0.29, 0.717) is 18.5 Å². The van der Waals surface area contributed by atoms with E-state index in [4.69, 9.17) is 0 Å². The number of aryl methyl sites for hydroxylation is 1. The summed E-state index contributed by atoms with van der Waals surface area (Å²) in [4.78, 5) is 11.3. The Labute approximate surface area is 99.3 Å². The Hall–Kier alpha value is -1.71. The maximum absolute atomic E-state index is 12.9. The second kappa shape index (κ2) is 6.78. The molecule has 0 radical (unpaired) electrons. The summed E-state index contributed by atoms with van der Waals surface area (Å²) >= 11 is 0. The molecule has 1 aromatic rings. The fraction of sp³-hybridized carbons (Fsp3) is 0.308. The number of amides is 1. The molecule has 0 aromatic heterocycles. The van der Waals surface area contributed by atoms with Gasteiger partial charge in [-0.1, -0.05) is 12.1 Å². The van der Waals surface area contributed by atoms with Crippen LogP contribution in [0.1, 0.15) is 18.4 Å². The van der Waals surface area contributed by atoms with Gasteiger partial charge in [0.15, 0.2) is 11.6 Å². The number of nitrogens with one attached hydrogen (secondary N) is 1. The van der Waals surface area contributed by atoms with Crippen molar-refractivity contribution in [2.45, 2.75) is 19.3 Å². The van der Waals surface area contributed by atoms with Crippen LogP contribution in [0.5, 0.6) is 0 Å². The summed E-state index contributed by atoms with van der Waals surface area (Å²) in [6.45, 7) is 4.10. The number of benzene rings is 1. The summed E-state index contributed by atoms with van der Waals surface area (Å²) < 4.78 is 25.5. The molecule has 0 spiro atoms. The number of carbonyl (C=O) groups excluding carboxylic acids is 1. The highest BCUT2D eigenvalue weighted by atomic mass is 19.2. The topological polar surface area (TPSA) is 29.1 Å². The number of rotatable bonds is 6. The van der Waals surface area contributed by atoms with Crippen LogP contribution in [0.4, 0.5) is 8.78 Å². The highest BCUT2D eigenvalue weighted by Gasteiger charge is 2.05. The van der Waals surface area contributed by atoms with Crippen molar-refractivity contribution in [3.63, 3.8) is 0 Å². The molecule has 0 saturated carbocycles. The smallest absolute Gasteiger partial charge is 0.220 e. The van der Waals surface area contributed by atoms with Gasteiger partial charge in [-0.25, -0.2) is 8.78 Å². The summed E-state index contributed by atoms with van der Waals surface area (Å²) in [6.07, 6.45) is 3.10. The van der Waals surface area contributed by atoms with E-state index >= 15 is 0 Å². The zero-order chi connectivity index (χ0) is 12.7. The van der Waals surface area contributed by atoms with Crippen molar-refractivity contribution in [3.8, 4) is 0 Å². The molecule has 17 heavy (non-hydrogen) atoms. The minimum Gasteiger partial charge on any atom is -0.356 e. The van der Waals surface area contributed by atoms with Gasteiger partial charge in [0.25, 0.3) is 0 Å². The van der Waals surface area contributed by atoms with Gasteiger partial charge in [0, 0.05) is 13.0 Å². The lowest BCUT2D eigenvalue weighted by Crippen LogP contribution is -2.24. The van der Waals surface area contributed by atoms with Crippen molar-refractivity contribution in [1.29, 1.82) is 0 Å². The molecular formula is C13H15F2NO. The second-order valence-corrected chi connectivity index (χ2v) is 3.68. The Morgan fingerprint density at radius 2 is 2.12 bits per heavy atom. The summed E-state index contributed by atoms with van der Waals surface area (Å²) in [5.74, 6) is -1.85. The molecule has 0 saturated heterocycles. The van der Waals surface area contributed by atoms with Crippen LogP contribution in [0.15, 0.2) is 30.9 Å². The van der Waals surface area contributed by atoms with Crippen molar-refractivity contribution in [3.05, 3.63) is 48.1 Å². The molecule has 0 aliphatic carbocycles. The predicted molar refractivity (Wildman–Crippen MR) is 62.5 cm³/mol. The van der Waals surface area contributed by atoms with E-state index in [1.807, 2.05) is 0 Å². The molecule has 0 bridgehead atoms. The zero-order valence-corrected chi connectivity index (χ0v) is 9.51. The lowest BCUT2D eigenvalue weighted by molar-refractivity contribution is -0.121. The number of hydrogen-bond donors (Lipinski definition) is 1. The highest BCUT2D eigenvalue weighted by molar-refractivity contribution is 5.76. The van der Waals surface area contributed by atoms with E-state index in [0.717, 1.165) is 18.6 Å². The minimum absolute atomic E-state index is 0.100. The monoisotopic (exact) mass is 239 g/mol. The summed E-state index contributed by atoms with van der Waals surface area (Å²) in [7, 11) is 0. The molecule has 1 rings (SSSR count). The predicted octanol–water partition coefficient (Wildman–Crippen LogP) is 2.59. The maximum atomic E-state index is 12.9. The Kier molecular flexibility index (Phi) is 5.33. The number of hydrogen-bond acceptors (Lipinski definition) is 1. The Bertz CT molecular complexity index is 404. The Morgan fingerprint density at radius 1 is 1.35 bits per heavy atom. The van der Waals surface area contributed by atoms with Crippen LogP contribution in [0.25, 0.3) is 0 Å². The minimum atomic E-state index is -0.880. The molecule has 0 atom stereocenters. The quantitative estimate of drug-likeness (QED) is 0.600. The standard InChI is InChI=1S/C13H15F2NO/c1-2-3-8-16-13(17)7-5-10-4-6-11(14)12(15)9-10/h2,4,6,9H,1,3,5,7-8H2,(H,16,17). The molecule has 0 aliphatic rings. The largest absolute Gasteiger partial charge is 0.356 e. The lowest BCUT2D eigenvalue weighted by atomic mass is 10.1. The highest BCUT2D eigenvalue weighted by Crippen LogP contribution is 2.10. The maximum Gasteiger partial charge on any atom is 0.220 e. The van der Waals surface area contributed by atoms with Crippen LogP contribution in [-0.2, 0) is 11.2 Å². The Balaban J connectivity index is 2.36. The average Bonchev–Trinajstić information content (AvgIpc) is 2.31. The van der Waals surface area contributed by atoms with Gasteiger partial charge in [-0.3, -0.25) is 4.79 Å². The van der Waals surface area contributed by atoms with Crippen molar-refractivity contribution in [1.82, 2.24) is 5.32 Å². The van der Waals surface area contributed by atoms with E-state index in [-0.39, 0.29) is 12.3 Å². The van der Waals surface area contributed by atoms with Crippen molar-refractivity contribution >= 4 is 5.91 Å². The molecule has 2 nitrogen and oxygen atoms in total. The van der Waals surface area contributed by atoms with Gasteiger partial charge in [-0.15, -0.1) is 6.58 Å². The molecule has 1 amide bonds. The fourth-order valence-corrected chi connectivity index (χ4v) is 1.36. The van der Waals surface area contributed by atoms with Gasteiger partial charge >= 0.3 is 0 Å². The van der Waals surface area contributed by atoms with Crippen LogP contribution in [-0.4, -0.2) is 12.5 Å². The lowest BCUT2D eigenvalue weighted by Gasteiger charge is -2.04. The average molecular weight is 239 g/mol. The SMILES string of the molecule is C=CCCNC(=O)CCc1ccc(F)c(F)c1. The van der Waals surface area contributed by atoms with Gasteiger partial charge in [0.05, 0.1) is 0 Å². The van der Waals surface area contributed by atoms with Crippen molar-refractivity contribution in [2.75, 3.05) is 6.54 Å². The third kappa shape index (κ3) is 4.76. The van der Waals surface area contributed by atoms with Crippen LogP contribution in [0.3, 0.4) is 0 Å². The number of carbonyl (C=O) groups is 1. The molecule has 0 aliphatic heterocycles. The second-order valence-electron chi connectivity index (χ2n) is 3.68. The first-order valence-electron chi connectivity index (χ1n) is 5.45. The first-order valence-corrected chi connectivity index (χ1v) is 5.45. The van der Waals surface area contributed by atoms with Gasteiger partial charge in [-0.2, -0.15) is 0 Å². The molecule has 0 unspecified atom stereocenters. The van der Waals surface area contributed by atoms with E-state index in [9.17, 15) is 13.6 Å². The van der Waals surface area contributed by atoms with Crippen LogP contribution in [0, 0.1) is 11.6 Å². The normalized spacial score (nSPS) is 10.0. The zero-order valence-electron chi connectivity index (χ0n) is 9.51. The van der Waals surface area contributed by atoms with E-state index < -0.39 is 11.6 Å². The van der Waals surface area contributed by atoms with E-state index in [1.54, 1.807) is 6.08 Å². The van der Waals surface area contributed by atoms with Crippen LogP contribution in [0.2, 0.25) is 0 Å². The summed E-state index contributed by atoms with van der Waals surface area (Å²) in [6, 6.07) is 3.67. The summed E-state index contributed by atoms with van der Waals surface area (Å²) in [5.41, 5.74) is 0.614. The molecule has 0 heterocycles. The van der Waals surface area contributed by atoms with E-state index in [1.165, 1.54) is 6.07 Å².